The van der Waals surface area contributed by atoms with Crippen molar-refractivity contribution in [2.75, 3.05) is 14.2 Å². The van der Waals surface area contributed by atoms with Gasteiger partial charge in [-0.15, -0.1) is 24.8 Å². The monoisotopic (exact) mass is 522 g/mol. The predicted molar refractivity (Wildman–Crippen MR) is 128 cm³/mol. The average Bonchev–Trinajstić information content (AvgIpc) is 3.18. The molecule has 174 valence electrons. The SMILES string of the molecule is COc1ccc(-c2nc(C(=O)NCc3c(Cl)cncc3Cl)c(C(C)N)o2)cc1OC.Cl.Cl. The highest BCUT2D eigenvalue weighted by Gasteiger charge is 2.24. The van der Waals surface area contributed by atoms with Crippen LogP contribution >= 0.6 is 48.0 Å². The molecule has 12 heteroatoms. The van der Waals surface area contributed by atoms with Crippen molar-refractivity contribution in [2.45, 2.75) is 19.5 Å². The molecule has 1 atom stereocenters. The molecule has 8 nitrogen and oxygen atoms in total. The van der Waals surface area contributed by atoms with Crippen LogP contribution in [0.15, 0.2) is 35.0 Å². The summed E-state index contributed by atoms with van der Waals surface area (Å²) in [5, 5.41) is 3.44. The number of hydrogen-bond donors (Lipinski definition) is 2. The van der Waals surface area contributed by atoms with Crippen molar-refractivity contribution in [3.63, 3.8) is 0 Å². The largest absolute Gasteiger partial charge is 0.493 e. The molecule has 3 N–H and O–H groups in total. The van der Waals surface area contributed by atoms with Crippen LogP contribution in [0.1, 0.15) is 34.8 Å². The lowest BCUT2D eigenvalue weighted by Crippen LogP contribution is -2.25. The van der Waals surface area contributed by atoms with Crippen molar-refractivity contribution in [3.05, 3.63) is 57.7 Å². The van der Waals surface area contributed by atoms with Gasteiger partial charge in [0.1, 0.15) is 0 Å². The third kappa shape index (κ3) is 5.96. The molecule has 1 amide bonds. The minimum Gasteiger partial charge on any atom is -0.493 e. The van der Waals surface area contributed by atoms with Gasteiger partial charge in [-0.3, -0.25) is 9.78 Å². The molecular weight excluding hydrogens is 502 g/mol. The maximum absolute atomic E-state index is 12.8. The van der Waals surface area contributed by atoms with E-state index in [1.807, 2.05) is 0 Å². The number of amides is 1. The second-order valence-electron chi connectivity index (χ2n) is 6.35. The van der Waals surface area contributed by atoms with Crippen LogP contribution in [0, 0.1) is 0 Å². The molecule has 2 heterocycles. The molecule has 0 fully saturated rings. The van der Waals surface area contributed by atoms with Crippen molar-refractivity contribution in [1.82, 2.24) is 15.3 Å². The molecule has 1 aromatic carbocycles. The van der Waals surface area contributed by atoms with Gasteiger partial charge in [-0.05, 0) is 25.1 Å². The number of benzene rings is 1. The maximum atomic E-state index is 12.8. The standard InChI is InChI=1S/C20H20Cl2N4O4.2ClH/c1-10(23)18-17(19(27)25-7-12-13(21)8-24-9-14(12)22)26-20(30-18)11-4-5-15(28-2)16(6-11)29-3;;/h4-6,8-10H,7,23H2,1-3H3,(H,25,27);2*1H. The smallest absolute Gasteiger partial charge is 0.273 e. The molecule has 0 bridgehead atoms. The van der Waals surface area contributed by atoms with Gasteiger partial charge in [-0.2, -0.15) is 0 Å². The number of pyridine rings is 1. The van der Waals surface area contributed by atoms with Gasteiger partial charge >= 0.3 is 0 Å². The summed E-state index contributed by atoms with van der Waals surface area (Å²) in [7, 11) is 3.07. The van der Waals surface area contributed by atoms with Gasteiger partial charge in [0.2, 0.25) is 5.89 Å². The Bertz CT molecular complexity index is 1060. The Balaban J connectivity index is 0.00000256. The molecule has 3 aromatic rings. The molecule has 0 radical (unpaired) electrons. The molecule has 32 heavy (non-hydrogen) atoms. The van der Waals surface area contributed by atoms with Crippen molar-refractivity contribution >= 4 is 53.9 Å². The van der Waals surface area contributed by atoms with E-state index in [0.29, 0.717) is 32.7 Å². The number of halogens is 4. The number of carbonyl (C=O) groups is 1. The first-order valence-electron chi connectivity index (χ1n) is 8.90. The molecule has 0 saturated heterocycles. The second-order valence-corrected chi connectivity index (χ2v) is 7.17. The summed E-state index contributed by atoms with van der Waals surface area (Å²) in [4.78, 5) is 21.0. The summed E-state index contributed by atoms with van der Waals surface area (Å²) >= 11 is 12.2. The van der Waals surface area contributed by atoms with E-state index in [9.17, 15) is 4.79 Å². The highest BCUT2D eigenvalue weighted by molar-refractivity contribution is 6.35. The first-order chi connectivity index (χ1) is 14.3. The fourth-order valence-corrected chi connectivity index (χ4v) is 3.25. The minimum atomic E-state index is -0.555. The number of carbonyl (C=O) groups excluding carboxylic acids is 1. The molecule has 0 aliphatic rings. The maximum Gasteiger partial charge on any atom is 0.273 e. The normalized spacial score (nSPS) is 11.1. The molecule has 0 aliphatic carbocycles. The Morgan fingerprint density at radius 3 is 2.34 bits per heavy atom. The number of nitrogens with one attached hydrogen (secondary N) is 1. The molecule has 0 spiro atoms. The zero-order valence-electron chi connectivity index (χ0n) is 17.3. The van der Waals surface area contributed by atoms with Gasteiger partial charge in [-0.25, -0.2) is 4.98 Å². The number of aromatic nitrogens is 2. The van der Waals surface area contributed by atoms with Gasteiger partial charge < -0.3 is 24.9 Å². The summed E-state index contributed by atoms with van der Waals surface area (Å²) in [6.07, 6.45) is 2.90. The molecular formula is C20H22Cl4N4O4. The van der Waals surface area contributed by atoms with Crippen molar-refractivity contribution in [2.24, 2.45) is 5.73 Å². The van der Waals surface area contributed by atoms with Crippen LogP contribution < -0.4 is 20.5 Å². The summed E-state index contributed by atoms with van der Waals surface area (Å²) in [6, 6.07) is 4.61. The lowest BCUT2D eigenvalue weighted by atomic mass is 10.2. The molecule has 1 unspecified atom stereocenters. The van der Waals surface area contributed by atoms with Crippen molar-refractivity contribution < 1.29 is 18.7 Å². The molecule has 2 aromatic heterocycles. The quantitative estimate of drug-likeness (QED) is 0.454. The summed E-state index contributed by atoms with van der Waals surface area (Å²) < 4.78 is 16.4. The van der Waals surface area contributed by atoms with Gasteiger partial charge in [0.15, 0.2) is 23.0 Å². The third-order valence-corrected chi connectivity index (χ3v) is 4.94. The zero-order chi connectivity index (χ0) is 21.8. The number of methoxy groups -OCH3 is 2. The van der Waals surface area contributed by atoms with Crippen LogP contribution in [-0.4, -0.2) is 30.1 Å². The van der Waals surface area contributed by atoms with E-state index in [1.165, 1.54) is 19.5 Å². The van der Waals surface area contributed by atoms with Crippen LogP contribution in [0.4, 0.5) is 0 Å². The zero-order valence-corrected chi connectivity index (χ0v) is 20.5. The third-order valence-electron chi connectivity index (χ3n) is 4.29. The topological polar surface area (TPSA) is 112 Å². The number of hydrogen-bond acceptors (Lipinski definition) is 7. The fraction of sp³-hybridized carbons (Fsp3) is 0.250. The Hall–Kier alpha value is -2.23. The Labute approximate surface area is 207 Å². The highest BCUT2D eigenvalue weighted by Crippen LogP contribution is 2.33. The summed E-state index contributed by atoms with van der Waals surface area (Å²) in [6.45, 7) is 1.79. The van der Waals surface area contributed by atoms with E-state index in [4.69, 9.17) is 42.8 Å². The van der Waals surface area contributed by atoms with Gasteiger partial charge in [-0.1, -0.05) is 23.2 Å². The Morgan fingerprint density at radius 1 is 1.16 bits per heavy atom. The lowest BCUT2D eigenvalue weighted by molar-refractivity contribution is 0.0944. The van der Waals surface area contributed by atoms with Crippen LogP contribution in [0.3, 0.4) is 0 Å². The van der Waals surface area contributed by atoms with E-state index in [2.05, 4.69) is 15.3 Å². The first kappa shape index (κ1) is 27.8. The van der Waals surface area contributed by atoms with E-state index in [1.54, 1.807) is 32.2 Å². The number of rotatable bonds is 7. The number of oxazole rings is 1. The second kappa shape index (κ2) is 12.1. The minimum absolute atomic E-state index is 0. The highest BCUT2D eigenvalue weighted by atomic mass is 35.5. The van der Waals surface area contributed by atoms with Crippen LogP contribution in [-0.2, 0) is 6.54 Å². The first-order valence-corrected chi connectivity index (χ1v) is 9.66. The van der Waals surface area contributed by atoms with Crippen LogP contribution in [0.5, 0.6) is 11.5 Å². The fourth-order valence-electron chi connectivity index (χ4n) is 2.76. The van der Waals surface area contributed by atoms with Crippen LogP contribution in [0.25, 0.3) is 11.5 Å². The Kier molecular flexibility index (Phi) is 10.5. The summed E-state index contributed by atoms with van der Waals surface area (Å²) in [5.74, 6) is 1.08. The Morgan fingerprint density at radius 2 is 1.78 bits per heavy atom. The number of nitrogens with zero attached hydrogens (tertiary/aromatic N) is 2. The molecule has 0 aliphatic heterocycles. The predicted octanol–water partition coefficient (Wildman–Crippen LogP) is 4.85. The van der Waals surface area contributed by atoms with E-state index in [0.717, 1.165) is 0 Å². The van der Waals surface area contributed by atoms with Crippen molar-refractivity contribution in [1.29, 1.82) is 0 Å². The molecule has 3 rings (SSSR count). The van der Waals surface area contributed by atoms with E-state index < -0.39 is 11.9 Å². The summed E-state index contributed by atoms with van der Waals surface area (Å²) in [5.41, 5.74) is 7.23. The van der Waals surface area contributed by atoms with Crippen LogP contribution in [0.2, 0.25) is 10.0 Å². The number of nitrogens with two attached hydrogens (primary N) is 1. The van der Waals surface area contributed by atoms with Gasteiger partial charge in [0.25, 0.3) is 5.91 Å². The lowest BCUT2D eigenvalue weighted by Gasteiger charge is -2.08. The van der Waals surface area contributed by atoms with Gasteiger partial charge in [0.05, 0.1) is 30.3 Å². The van der Waals surface area contributed by atoms with Crippen molar-refractivity contribution in [3.8, 4) is 23.0 Å². The van der Waals surface area contributed by atoms with Gasteiger partial charge in [0, 0.05) is 30.1 Å². The number of ether oxygens (including phenoxy) is 2. The van der Waals surface area contributed by atoms with E-state index >= 15 is 0 Å². The molecule has 0 saturated carbocycles. The van der Waals surface area contributed by atoms with E-state index in [-0.39, 0.29) is 48.7 Å². The average molecular weight is 524 g/mol.